The van der Waals surface area contributed by atoms with E-state index in [0.29, 0.717) is 0 Å². The van der Waals surface area contributed by atoms with Gasteiger partial charge in [-0.05, 0) is 55.0 Å². The number of thiophene rings is 1. The van der Waals surface area contributed by atoms with E-state index in [4.69, 9.17) is 4.74 Å². The predicted molar refractivity (Wildman–Crippen MR) is 77.4 cm³/mol. The topological polar surface area (TPSA) is 41.6 Å². The van der Waals surface area contributed by atoms with Gasteiger partial charge < -0.3 is 9.64 Å². The summed E-state index contributed by atoms with van der Waals surface area (Å²) < 4.78 is 5.81. The van der Waals surface area contributed by atoms with Gasteiger partial charge in [0, 0.05) is 6.61 Å². The zero-order valence-electron chi connectivity index (χ0n) is 11.7. The van der Waals surface area contributed by atoms with Crippen molar-refractivity contribution in [3.8, 4) is 0 Å². The normalized spacial score (nSPS) is 33.0. The van der Waals surface area contributed by atoms with Gasteiger partial charge in [0.25, 0.3) is 0 Å². The van der Waals surface area contributed by atoms with E-state index in [1.54, 1.807) is 11.3 Å². The monoisotopic (exact) mass is 292 g/mol. The highest BCUT2D eigenvalue weighted by molar-refractivity contribution is 7.07. The maximum atomic E-state index is 12.8. The molecule has 3 atom stereocenters. The summed E-state index contributed by atoms with van der Waals surface area (Å²) in [5.41, 5.74) is 0.941. The zero-order chi connectivity index (χ0) is 13.7. The highest BCUT2D eigenvalue weighted by Crippen LogP contribution is 2.47. The van der Waals surface area contributed by atoms with E-state index >= 15 is 0 Å². The fourth-order valence-corrected chi connectivity index (χ4v) is 4.18. The first-order valence-electron chi connectivity index (χ1n) is 7.45. The van der Waals surface area contributed by atoms with Gasteiger partial charge in [-0.25, -0.2) is 0 Å². The minimum absolute atomic E-state index is 0.0236. The SMILES string of the molecule is CC(C1CCCO1)N1C(=O)C2(CC2)NC1c1ccsc1. The number of nitrogens with zero attached hydrogens (tertiary/aromatic N) is 1. The van der Waals surface area contributed by atoms with Crippen LogP contribution in [0.3, 0.4) is 0 Å². The van der Waals surface area contributed by atoms with Gasteiger partial charge in [-0.3, -0.25) is 10.1 Å². The summed E-state index contributed by atoms with van der Waals surface area (Å²) >= 11 is 1.69. The summed E-state index contributed by atoms with van der Waals surface area (Å²) in [5, 5.41) is 7.79. The summed E-state index contributed by atoms with van der Waals surface area (Å²) in [4.78, 5) is 14.9. The number of rotatable bonds is 3. The highest BCUT2D eigenvalue weighted by atomic mass is 32.1. The van der Waals surface area contributed by atoms with Crippen LogP contribution in [0.5, 0.6) is 0 Å². The van der Waals surface area contributed by atoms with E-state index in [-0.39, 0.29) is 29.8 Å². The lowest BCUT2D eigenvalue weighted by molar-refractivity contribution is -0.135. The molecule has 4 rings (SSSR count). The van der Waals surface area contributed by atoms with E-state index in [9.17, 15) is 4.79 Å². The summed E-state index contributed by atoms with van der Waals surface area (Å²) in [7, 11) is 0. The Hall–Kier alpha value is -0.910. The van der Waals surface area contributed by atoms with Gasteiger partial charge in [0.2, 0.25) is 5.91 Å². The molecule has 3 heterocycles. The second-order valence-corrected chi connectivity index (χ2v) is 6.97. The van der Waals surface area contributed by atoms with E-state index in [1.165, 1.54) is 5.56 Å². The Bertz CT molecular complexity index is 506. The lowest BCUT2D eigenvalue weighted by Gasteiger charge is -2.33. The lowest BCUT2D eigenvalue weighted by Crippen LogP contribution is -2.45. The van der Waals surface area contributed by atoms with E-state index in [2.05, 4.69) is 29.1 Å². The molecule has 1 aromatic heterocycles. The number of hydrogen-bond acceptors (Lipinski definition) is 4. The third kappa shape index (κ3) is 1.84. The van der Waals surface area contributed by atoms with Crippen molar-refractivity contribution in [2.24, 2.45) is 0 Å². The van der Waals surface area contributed by atoms with Gasteiger partial charge in [-0.15, -0.1) is 0 Å². The Balaban J connectivity index is 1.64. The van der Waals surface area contributed by atoms with Crippen molar-refractivity contribution in [3.63, 3.8) is 0 Å². The maximum absolute atomic E-state index is 12.8. The Morgan fingerprint density at radius 3 is 3.00 bits per heavy atom. The summed E-state index contributed by atoms with van der Waals surface area (Å²) in [6, 6.07) is 2.26. The predicted octanol–water partition coefficient (Wildman–Crippen LogP) is 2.28. The molecule has 2 aliphatic heterocycles. The number of ether oxygens (including phenoxy) is 1. The van der Waals surface area contributed by atoms with Crippen LogP contribution in [0.4, 0.5) is 0 Å². The summed E-state index contributed by atoms with van der Waals surface area (Å²) in [5.74, 6) is 0.275. The first-order valence-corrected chi connectivity index (χ1v) is 8.40. The van der Waals surface area contributed by atoms with Crippen LogP contribution in [-0.2, 0) is 9.53 Å². The zero-order valence-corrected chi connectivity index (χ0v) is 12.5. The molecule has 1 spiro atoms. The number of carbonyl (C=O) groups is 1. The molecule has 0 aromatic carbocycles. The largest absolute Gasteiger partial charge is 0.376 e. The van der Waals surface area contributed by atoms with Crippen molar-refractivity contribution >= 4 is 17.2 Å². The Labute approximate surface area is 123 Å². The van der Waals surface area contributed by atoms with Crippen LogP contribution in [0.25, 0.3) is 0 Å². The average Bonchev–Trinajstić information content (AvgIpc) is 2.92. The third-order valence-corrected chi connectivity index (χ3v) is 5.59. The molecule has 1 amide bonds. The standard InChI is InChI=1S/C15H20N2O2S/c1-10(12-3-2-7-19-12)17-13(11-4-8-20-9-11)16-15(5-6-15)14(17)18/h4,8-10,12-13,16H,2-3,5-7H2,1H3. The molecule has 3 unspecified atom stereocenters. The Kier molecular flexibility index (Phi) is 2.91. The van der Waals surface area contributed by atoms with Crippen molar-refractivity contribution in [2.45, 2.75) is 56.5 Å². The van der Waals surface area contributed by atoms with Gasteiger partial charge in [0.05, 0.1) is 12.1 Å². The molecule has 1 saturated carbocycles. The molecule has 3 aliphatic rings. The van der Waals surface area contributed by atoms with Crippen molar-refractivity contribution in [3.05, 3.63) is 22.4 Å². The molecule has 20 heavy (non-hydrogen) atoms. The highest BCUT2D eigenvalue weighted by Gasteiger charge is 2.60. The van der Waals surface area contributed by atoms with Crippen molar-refractivity contribution < 1.29 is 9.53 Å². The molecule has 0 radical (unpaired) electrons. The number of nitrogens with one attached hydrogen (secondary N) is 1. The average molecular weight is 292 g/mol. The van der Waals surface area contributed by atoms with E-state index < -0.39 is 0 Å². The smallest absolute Gasteiger partial charge is 0.244 e. The molecule has 0 bridgehead atoms. The molecule has 5 heteroatoms. The van der Waals surface area contributed by atoms with Crippen molar-refractivity contribution in [1.82, 2.24) is 10.2 Å². The molecule has 3 fully saturated rings. The van der Waals surface area contributed by atoms with Crippen LogP contribution in [0.2, 0.25) is 0 Å². The first kappa shape index (κ1) is 12.8. The second kappa shape index (κ2) is 4.55. The van der Waals surface area contributed by atoms with Gasteiger partial charge in [0.15, 0.2) is 0 Å². The molecular weight excluding hydrogens is 272 g/mol. The fourth-order valence-electron chi connectivity index (χ4n) is 3.50. The Morgan fingerprint density at radius 2 is 2.40 bits per heavy atom. The van der Waals surface area contributed by atoms with Gasteiger partial charge in [-0.2, -0.15) is 11.3 Å². The number of hydrogen-bond donors (Lipinski definition) is 1. The molecule has 1 aliphatic carbocycles. The van der Waals surface area contributed by atoms with Gasteiger partial charge >= 0.3 is 0 Å². The van der Waals surface area contributed by atoms with Crippen molar-refractivity contribution in [2.75, 3.05) is 6.61 Å². The Morgan fingerprint density at radius 1 is 1.55 bits per heavy atom. The number of amides is 1. The van der Waals surface area contributed by atoms with Crippen LogP contribution in [0.15, 0.2) is 16.8 Å². The molecule has 4 nitrogen and oxygen atoms in total. The van der Waals surface area contributed by atoms with Gasteiger partial charge in [-0.1, -0.05) is 0 Å². The van der Waals surface area contributed by atoms with Crippen LogP contribution in [0.1, 0.15) is 44.3 Å². The van der Waals surface area contributed by atoms with E-state index in [0.717, 1.165) is 32.3 Å². The molecular formula is C15H20N2O2S. The minimum atomic E-state index is -0.264. The fraction of sp³-hybridized carbons (Fsp3) is 0.667. The lowest BCUT2D eigenvalue weighted by atomic mass is 10.1. The molecule has 1 aromatic rings. The van der Waals surface area contributed by atoms with Gasteiger partial charge in [0.1, 0.15) is 11.7 Å². The van der Waals surface area contributed by atoms with Crippen molar-refractivity contribution in [1.29, 1.82) is 0 Å². The van der Waals surface area contributed by atoms with E-state index in [1.807, 2.05) is 4.90 Å². The quantitative estimate of drug-likeness (QED) is 0.929. The molecule has 108 valence electrons. The van der Waals surface area contributed by atoms with Crippen LogP contribution in [-0.4, -0.2) is 35.1 Å². The summed E-state index contributed by atoms with van der Waals surface area (Å²) in [6.07, 6.45) is 4.33. The first-order chi connectivity index (χ1) is 9.71. The molecule has 1 N–H and O–H groups in total. The minimum Gasteiger partial charge on any atom is -0.376 e. The van der Waals surface area contributed by atoms with Crippen LogP contribution in [0, 0.1) is 0 Å². The second-order valence-electron chi connectivity index (χ2n) is 6.19. The number of carbonyl (C=O) groups excluding carboxylic acids is 1. The van der Waals surface area contributed by atoms with Crippen LogP contribution < -0.4 is 5.32 Å². The third-order valence-electron chi connectivity index (χ3n) is 4.89. The molecule has 2 saturated heterocycles. The van der Waals surface area contributed by atoms with Crippen LogP contribution >= 0.6 is 11.3 Å². The maximum Gasteiger partial charge on any atom is 0.244 e. The summed E-state index contributed by atoms with van der Waals surface area (Å²) in [6.45, 7) is 2.97.